The minimum Gasteiger partial charge on any atom is -0.372 e. The fourth-order valence-corrected chi connectivity index (χ4v) is 1.92. The number of amides is 1. The van der Waals surface area contributed by atoms with Gasteiger partial charge in [0.15, 0.2) is 0 Å². The molecule has 0 radical (unpaired) electrons. The van der Waals surface area contributed by atoms with Crippen molar-refractivity contribution in [2.75, 3.05) is 13.2 Å². The number of carbonyl (C=O) groups is 1. The summed E-state index contributed by atoms with van der Waals surface area (Å²) in [6.45, 7) is 4.81. The van der Waals surface area contributed by atoms with Gasteiger partial charge >= 0.3 is 0 Å². The minimum absolute atomic E-state index is 0.0481. The van der Waals surface area contributed by atoms with Crippen molar-refractivity contribution < 1.29 is 9.53 Å². The lowest BCUT2D eigenvalue weighted by Crippen LogP contribution is -2.36. The number of hydrogen-bond acceptors (Lipinski definition) is 2. The van der Waals surface area contributed by atoms with E-state index >= 15 is 0 Å². The highest BCUT2D eigenvalue weighted by molar-refractivity contribution is 9.10. The molecule has 0 saturated carbocycles. The van der Waals surface area contributed by atoms with Gasteiger partial charge in [-0.3, -0.25) is 4.79 Å². The van der Waals surface area contributed by atoms with Crippen LogP contribution in [0.1, 0.15) is 25.8 Å². The van der Waals surface area contributed by atoms with Crippen LogP contribution >= 0.6 is 15.9 Å². The van der Waals surface area contributed by atoms with Gasteiger partial charge < -0.3 is 10.1 Å². The third-order valence-electron chi connectivity index (χ3n) is 2.44. The maximum absolute atomic E-state index is 11.5. The molecule has 1 aromatic carbocycles. The van der Waals surface area contributed by atoms with Crippen LogP contribution in [0.5, 0.6) is 0 Å². The molecule has 0 fully saturated rings. The lowest BCUT2D eigenvalue weighted by molar-refractivity contribution is -0.126. The van der Waals surface area contributed by atoms with Crippen LogP contribution in [0.2, 0.25) is 0 Å². The van der Waals surface area contributed by atoms with Crippen LogP contribution in [0.25, 0.3) is 0 Å². The predicted molar refractivity (Wildman–Crippen MR) is 76.6 cm³/mol. The van der Waals surface area contributed by atoms with Gasteiger partial charge in [-0.1, -0.05) is 35.0 Å². The molecule has 0 bridgehead atoms. The number of halogens is 1. The first-order valence-corrected chi connectivity index (χ1v) is 7.02. The Labute approximate surface area is 117 Å². The standard InChI is InChI=1S/C14H20BrNO2/c1-3-8-18-10-14(17)16-11(2)9-12-4-6-13(15)7-5-12/h4-7,11H,3,8-10H2,1-2H3,(H,16,17). The number of hydrogen-bond donors (Lipinski definition) is 1. The van der Waals surface area contributed by atoms with Gasteiger partial charge in [-0.2, -0.15) is 0 Å². The topological polar surface area (TPSA) is 38.3 Å². The Kier molecular flexibility index (Phi) is 6.98. The van der Waals surface area contributed by atoms with E-state index in [1.165, 1.54) is 5.56 Å². The Bertz CT molecular complexity index is 365. The summed E-state index contributed by atoms with van der Waals surface area (Å²) >= 11 is 3.40. The average Bonchev–Trinajstić information content (AvgIpc) is 2.32. The number of ether oxygens (including phenoxy) is 1. The van der Waals surface area contributed by atoms with E-state index in [-0.39, 0.29) is 18.6 Å². The maximum atomic E-state index is 11.5. The van der Waals surface area contributed by atoms with Crippen LogP contribution < -0.4 is 5.32 Å². The Morgan fingerprint density at radius 1 is 1.39 bits per heavy atom. The van der Waals surface area contributed by atoms with Crippen molar-refractivity contribution in [3.05, 3.63) is 34.3 Å². The molecule has 1 rings (SSSR count). The molecule has 4 heteroatoms. The van der Waals surface area contributed by atoms with Crippen molar-refractivity contribution in [3.63, 3.8) is 0 Å². The Morgan fingerprint density at radius 3 is 2.67 bits per heavy atom. The van der Waals surface area contributed by atoms with E-state index in [0.717, 1.165) is 17.3 Å². The van der Waals surface area contributed by atoms with Gasteiger partial charge in [-0.15, -0.1) is 0 Å². The second-order valence-electron chi connectivity index (χ2n) is 4.35. The number of nitrogens with one attached hydrogen (secondary N) is 1. The molecule has 0 aromatic heterocycles. The molecule has 0 heterocycles. The zero-order valence-electron chi connectivity index (χ0n) is 10.9. The van der Waals surface area contributed by atoms with E-state index in [2.05, 4.69) is 33.4 Å². The Morgan fingerprint density at radius 2 is 2.06 bits per heavy atom. The minimum atomic E-state index is -0.0481. The summed E-state index contributed by atoms with van der Waals surface area (Å²) in [6, 6.07) is 8.24. The molecule has 3 nitrogen and oxygen atoms in total. The van der Waals surface area contributed by atoms with E-state index < -0.39 is 0 Å². The lowest BCUT2D eigenvalue weighted by Gasteiger charge is -2.14. The van der Waals surface area contributed by atoms with Crippen molar-refractivity contribution in [3.8, 4) is 0 Å². The van der Waals surface area contributed by atoms with E-state index in [1.807, 2.05) is 26.0 Å². The van der Waals surface area contributed by atoms with E-state index in [0.29, 0.717) is 6.61 Å². The first-order chi connectivity index (χ1) is 8.61. The van der Waals surface area contributed by atoms with Gasteiger partial charge in [0.1, 0.15) is 6.61 Å². The van der Waals surface area contributed by atoms with Crippen molar-refractivity contribution in [1.29, 1.82) is 0 Å². The Hall–Kier alpha value is -0.870. The summed E-state index contributed by atoms with van der Waals surface area (Å²) in [6.07, 6.45) is 1.76. The van der Waals surface area contributed by atoms with Crippen LogP contribution in [-0.2, 0) is 16.0 Å². The number of benzene rings is 1. The molecule has 0 spiro atoms. The molecule has 0 aliphatic heterocycles. The van der Waals surface area contributed by atoms with Gasteiger partial charge in [0.2, 0.25) is 5.91 Å². The summed E-state index contributed by atoms with van der Waals surface area (Å²) in [5, 5.41) is 2.93. The average molecular weight is 314 g/mol. The molecular formula is C14H20BrNO2. The Balaban J connectivity index is 2.30. The lowest BCUT2D eigenvalue weighted by atomic mass is 10.1. The zero-order chi connectivity index (χ0) is 13.4. The molecular weight excluding hydrogens is 294 g/mol. The van der Waals surface area contributed by atoms with Gasteiger partial charge in [0.25, 0.3) is 0 Å². The summed E-state index contributed by atoms with van der Waals surface area (Å²) < 4.78 is 6.26. The van der Waals surface area contributed by atoms with Crippen LogP contribution in [0, 0.1) is 0 Å². The quantitative estimate of drug-likeness (QED) is 0.786. The van der Waals surface area contributed by atoms with E-state index in [9.17, 15) is 4.79 Å². The van der Waals surface area contributed by atoms with Crippen molar-refractivity contribution >= 4 is 21.8 Å². The smallest absolute Gasteiger partial charge is 0.246 e. The highest BCUT2D eigenvalue weighted by Gasteiger charge is 2.08. The first-order valence-electron chi connectivity index (χ1n) is 6.23. The van der Waals surface area contributed by atoms with Gasteiger partial charge in [-0.05, 0) is 37.5 Å². The maximum Gasteiger partial charge on any atom is 0.246 e. The van der Waals surface area contributed by atoms with E-state index in [4.69, 9.17) is 4.74 Å². The van der Waals surface area contributed by atoms with Gasteiger partial charge in [-0.25, -0.2) is 0 Å². The largest absolute Gasteiger partial charge is 0.372 e. The summed E-state index contributed by atoms with van der Waals surface area (Å²) in [4.78, 5) is 11.5. The third kappa shape index (κ3) is 6.17. The van der Waals surface area contributed by atoms with Gasteiger partial charge in [0, 0.05) is 17.1 Å². The second kappa shape index (κ2) is 8.27. The molecule has 0 aliphatic carbocycles. The summed E-state index contributed by atoms with van der Waals surface area (Å²) in [5.74, 6) is -0.0481. The van der Waals surface area contributed by atoms with Crippen molar-refractivity contribution in [1.82, 2.24) is 5.32 Å². The monoisotopic (exact) mass is 313 g/mol. The van der Waals surface area contributed by atoms with Crippen LogP contribution in [-0.4, -0.2) is 25.2 Å². The molecule has 0 saturated heterocycles. The molecule has 1 aromatic rings. The zero-order valence-corrected chi connectivity index (χ0v) is 12.5. The fourth-order valence-electron chi connectivity index (χ4n) is 1.65. The molecule has 0 aliphatic rings. The molecule has 1 atom stereocenters. The summed E-state index contributed by atoms with van der Waals surface area (Å²) in [5.41, 5.74) is 1.21. The molecule has 1 amide bonds. The number of rotatable bonds is 7. The van der Waals surface area contributed by atoms with Crippen LogP contribution in [0.3, 0.4) is 0 Å². The first kappa shape index (κ1) is 15.2. The highest BCUT2D eigenvalue weighted by Crippen LogP contribution is 2.11. The van der Waals surface area contributed by atoms with Gasteiger partial charge in [0.05, 0.1) is 0 Å². The normalized spacial score (nSPS) is 12.2. The number of carbonyl (C=O) groups excluding carboxylic acids is 1. The van der Waals surface area contributed by atoms with Crippen molar-refractivity contribution in [2.45, 2.75) is 32.7 Å². The SMILES string of the molecule is CCCOCC(=O)NC(C)Cc1ccc(Br)cc1. The molecule has 18 heavy (non-hydrogen) atoms. The molecule has 1 N–H and O–H groups in total. The second-order valence-corrected chi connectivity index (χ2v) is 5.27. The van der Waals surface area contributed by atoms with Crippen LogP contribution in [0.4, 0.5) is 0 Å². The summed E-state index contributed by atoms with van der Waals surface area (Å²) in [7, 11) is 0. The van der Waals surface area contributed by atoms with Crippen LogP contribution in [0.15, 0.2) is 28.7 Å². The third-order valence-corrected chi connectivity index (χ3v) is 2.97. The predicted octanol–water partition coefficient (Wildman–Crippen LogP) is 2.92. The highest BCUT2D eigenvalue weighted by atomic mass is 79.9. The van der Waals surface area contributed by atoms with Crippen molar-refractivity contribution in [2.24, 2.45) is 0 Å². The molecule has 1 unspecified atom stereocenters. The van der Waals surface area contributed by atoms with E-state index in [1.54, 1.807) is 0 Å². The molecule has 100 valence electrons. The fraction of sp³-hybridized carbons (Fsp3) is 0.500.